The van der Waals surface area contributed by atoms with Gasteiger partial charge in [-0.25, -0.2) is 8.78 Å². The van der Waals surface area contributed by atoms with Crippen molar-refractivity contribution in [3.05, 3.63) is 83.7 Å². The number of hydrogen-bond donors (Lipinski definition) is 1. The largest absolute Gasteiger partial charge is 0.355 e. The van der Waals surface area contributed by atoms with Crippen LogP contribution in [0.5, 0.6) is 0 Å². The molecule has 4 nitrogen and oxygen atoms in total. The van der Waals surface area contributed by atoms with Gasteiger partial charge in [0.25, 0.3) is 5.91 Å². The average molecular weight is 367 g/mol. The molecule has 0 saturated carbocycles. The maximum absolute atomic E-state index is 13.4. The predicted octanol–water partition coefficient (Wildman–Crippen LogP) is 5.08. The number of halogens is 2. The fourth-order valence-corrected chi connectivity index (χ4v) is 2.74. The first kappa shape index (κ1) is 18.5. The molecule has 3 rings (SSSR count). The minimum absolute atomic E-state index is 0.239. The van der Waals surface area contributed by atoms with E-state index < -0.39 is 11.6 Å². The van der Waals surface area contributed by atoms with E-state index in [0.717, 1.165) is 23.4 Å². The van der Waals surface area contributed by atoms with Gasteiger partial charge in [0.15, 0.2) is 11.6 Å². The zero-order valence-electron chi connectivity index (χ0n) is 15.0. The topological polar surface area (TPSA) is 45.2 Å². The van der Waals surface area contributed by atoms with Gasteiger partial charge in [0.2, 0.25) is 0 Å². The quantitative estimate of drug-likeness (QED) is 0.684. The summed E-state index contributed by atoms with van der Waals surface area (Å²) in [6, 6.07) is 14.4. The molecule has 0 radical (unpaired) electrons. The van der Waals surface area contributed by atoms with Crippen molar-refractivity contribution in [3.63, 3.8) is 0 Å². The van der Waals surface area contributed by atoms with Crippen LogP contribution in [0.3, 0.4) is 0 Å². The van der Waals surface area contributed by atoms with Gasteiger partial charge >= 0.3 is 0 Å². The average Bonchev–Trinajstić information content (AvgIpc) is 2.65. The number of anilines is 3. The molecule has 2 aromatic carbocycles. The van der Waals surface area contributed by atoms with Crippen molar-refractivity contribution in [1.29, 1.82) is 0 Å². The number of nitrogens with zero attached hydrogens (tertiary/aromatic N) is 2. The Morgan fingerprint density at radius 2 is 1.81 bits per heavy atom. The maximum Gasteiger partial charge on any atom is 0.276 e. The zero-order valence-corrected chi connectivity index (χ0v) is 15.0. The van der Waals surface area contributed by atoms with E-state index in [1.165, 1.54) is 12.3 Å². The van der Waals surface area contributed by atoms with Crippen LogP contribution in [0.15, 0.2) is 60.8 Å². The molecule has 1 aromatic heterocycles. The normalized spacial score (nSPS) is 10.5. The molecule has 138 valence electrons. The van der Waals surface area contributed by atoms with Crippen molar-refractivity contribution in [2.24, 2.45) is 0 Å². The molecule has 0 unspecified atom stereocenters. The van der Waals surface area contributed by atoms with E-state index in [9.17, 15) is 13.6 Å². The molecule has 0 spiro atoms. The summed E-state index contributed by atoms with van der Waals surface area (Å²) in [5, 5.41) is 2.96. The van der Waals surface area contributed by atoms with Gasteiger partial charge in [-0.2, -0.15) is 0 Å². The van der Waals surface area contributed by atoms with Crippen LogP contribution in [0, 0.1) is 18.6 Å². The Morgan fingerprint density at radius 1 is 1.04 bits per heavy atom. The van der Waals surface area contributed by atoms with E-state index in [4.69, 9.17) is 0 Å². The van der Waals surface area contributed by atoms with Gasteiger partial charge in [-0.05, 0) is 55.8 Å². The summed E-state index contributed by atoms with van der Waals surface area (Å²) in [6.45, 7) is 4.35. The van der Waals surface area contributed by atoms with Gasteiger partial charge in [0.1, 0.15) is 5.69 Å². The number of hydrogen-bond acceptors (Lipinski definition) is 3. The minimum Gasteiger partial charge on any atom is -0.355 e. The number of amides is 1. The van der Waals surface area contributed by atoms with E-state index in [1.807, 2.05) is 38.1 Å². The van der Waals surface area contributed by atoms with Crippen LogP contribution >= 0.6 is 0 Å². The molecular formula is C21H19F2N3O. The van der Waals surface area contributed by atoms with Gasteiger partial charge in [0, 0.05) is 35.9 Å². The zero-order chi connectivity index (χ0) is 19.4. The number of aromatic nitrogens is 1. The molecule has 0 atom stereocenters. The Balaban J connectivity index is 1.85. The van der Waals surface area contributed by atoms with E-state index >= 15 is 0 Å². The third kappa shape index (κ3) is 4.28. The number of carbonyl (C=O) groups excluding carboxylic acids is 1. The van der Waals surface area contributed by atoms with Crippen molar-refractivity contribution in [2.75, 3.05) is 16.8 Å². The molecule has 0 aliphatic carbocycles. The molecular weight excluding hydrogens is 348 g/mol. The smallest absolute Gasteiger partial charge is 0.276 e. The van der Waals surface area contributed by atoms with Crippen molar-refractivity contribution >= 4 is 23.0 Å². The first-order valence-corrected chi connectivity index (χ1v) is 8.54. The van der Waals surface area contributed by atoms with Crippen LogP contribution in [-0.4, -0.2) is 17.4 Å². The van der Waals surface area contributed by atoms with Crippen LogP contribution in [0.1, 0.15) is 23.0 Å². The first-order valence-electron chi connectivity index (χ1n) is 8.54. The number of pyridine rings is 1. The highest BCUT2D eigenvalue weighted by atomic mass is 19.2. The highest BCUT2D eigenvalue weighted by Crippen LogP contribution is 2.22. The Morgan fingerprint density at radius 3 is 2.52 bits per heavy atom. The highest BCUT2D eigenvalue weighted by Gasteiger charge is 2.18. The van der Waals surface area contributed by atoms with Crippen LogP contribution < -0.4 is 10.2 Å². The molecule has 27 heavy (non-hydrogen) atoms. The number of nitrogens with one attached hydrogen (secondary N) is 1. The third-order valence-electron chi connectivity index (χ3n) is 4.06. The van der Waals surface area contributed by atoms with E-state index in [-0.39, 0.29) is 11.6 Å². The second-order valence-corrected chi connectivity index (χ2v) is 6.07. The van der Waals surface area contributed by atoms with Crippen molar-refractivity contribution in [2.45, 2.75) is 13.8 Å². The molecule has 1 heterocycles. The monoisotopic (exact) mass is 367 g/mol. The van der Waals surface area contributed by atoms with Crippen molar-refractivity contribution < 1.29 is 13.6 Å². The SMILES string of the molecule is CCN(C(=O)c1cc(Nc2ccc(F)c(F)c2)ccn1)c1cccc(C)c1. The Bertz CT molecular complexity index is 975. The lowest BCUT2D eigenvalue weighted by Crippen LogP contribution is -2.31. The molecule has 0 aliphatic rings. The lowest BCUT2D eigenvalue weighted by Gasteiger charge is -2.21. The summed E-state index contributed by atoms with van der Waals surface area (Å²) in [4.78, 5) is 18.7. The molecule has 3 aromatic rings. The molecule has 0 saturated heterocycles. The maximum atomic E-state index is 13.4. The van der Waals surface area contributed by atoms with Crippen molar-refractivity contribution in [1.82, 2.24) is 4.98 Å². The molecule has 1 amide bonds. The summed E-state index contributed by atoms with van der Waals surface area (Å²) in [5.74, 6) is -2.10. The fraction of sp³-hybridized carbons (Fsp3) is 0.143. The molecule has 0 aliphatic heterocycles. The minimum atomic E-state index is -0.943. The van der Waals surface area contributed by atoms with E-state index in [2.05, 4.69) is 10.3 Å². The number of carbonyl (C=O) groups is 1. The summed E-state index contributed by atoms with van der Waals surface area (Å²) in [5.41, 5.74) is 3.04. The Hall–Kier alpha value is -3.28. The van der Waals surface area contributed by atoms with Crippen LogP contribution in [-0.2, 0) is 0 Å². The second-order valence-electron chi connectivity index (χ2n) is 6.07. The van der Waals surface area contributed by atoms with Gasteiger partial charge in [-0.1, -0.05) is 12.1 Å². The summed E-state index contributed by atoms with van der Waals surface area (Å²) in [7, 11) is 0. The van der Waals surface area contributed by atoms with E-state index in [1.54, 1.807) is 17.0 Å². The van der Waals surface area contributed by atoms with Gasteiger partial charge in [-0.3, -0.25) is 9.78 Å². The summed E-state index contributed by atoms with van der Waals surface area (Å²) < 4.78 is 26.4. The van der Waals surface area contributed by atoms with Gasteiger partial charge in [-0.15, -0.1) is 0 Å². The lowest BCUT2D eigenvalue weighted by atomic mass is 10.2. The summed E-state index contributed by atoms with van der Waals surface area (Å²) >= 11 is 0. The predicted molar refractivity (Wildman–Crippen MR) is 102 cm³/mol. The molecule has 6 heteroatoms. The fourth-order valence-electron chi connectivity index (χ4n) is 2.74. The third-order valence-corrected chi connectivity index (χ3v) is 4.06. The Kier molecular flexibility index (Phi) is 5.45. The summed E-state index contributed by atoms with van der Waals surface area (Å²) in [6.07, 6.45) is 1.50. The molecule has 1 N–H and O–H groups in total. The first-order chi connectivity index (χ1) is 13.0. The number of rotatable bonds is 5. The molecule has 0 fully saturated rings. The molecule has 0 bridgehead atoms. The Labute approximate surface area is 156 Å². The number of aryl methyl sites for hydroxylation is 1. The van der Waals surface area contributed by atoms with Crippen molar-refractivity contribution in [3.8, 4) is 0 Å². The van der Waals surface area contributed by atoms with Crippen LogP contribution in [0.2, 0.25) is 0 Å². The van der Waals surface area contributed by atoms with Crippen LogP contribution in [0.25, 0.3) is 0 Å². The number of benzene rings is 2. The van der Waals surface area contributed by atoms with Gasteiger partial charge in [0.05, 0.1) is 0 Å². The standard InChI is InChI=1S/C21H19F2N3O/c1-3-26(17-6-4-5-14(2)11-17)21(27)20-13-16(9-10-24-20)25-15-7-8-18(22)19(23)12-15/h4-13H,3H2,1-2H3,(H,24,25). The van der Waals surface area contributed by atoms with Crippen LogP contribution in [0.4, 0.5) is 25.8 Å². The second kappa shape index (κ2) is 7.95. The van der Waals surface area contributed by atoms with Gasteiger partial charge < -0.3 is 10.2 Å². The highest BCUT2D eigenvalue weighted by molar-refractivity contribution is 6.05. The lowest BCUT2D eigenvalue weighted by molar-refractivity contribution is 0.0983. The van der Waals surface area contributed by atoms with E-state index in [0.29, 0.717) is 17.9 Å².